The molecule has 9 heteroatoms. The highest BCUT2D eigenvalue weighted by molar-refractivity contribution is 5.47. The predicted octanol–water partition coefficient (Wildman–Crippen LogP) is 1.85. The van der Waals surface area contributed by atoms with Crippen LogP contribution in [0.4, 0.5) is 17.8 Å². The summed E-state index contributed by atoms with van der Waals surface area (Å²) in [6.45, 7) is 6.03. The lowest BCUT2D eigenvalue weighted by molar-refractivity contribution is 0.120. The molecule has 3 atom stereocenters. The Labute approximate surface area is 187 Å². The summed E-state index contributed by atoms with van der Waals surface area (Å²) in [5, 5.41) is 3.42. The number of piperidine rings is 1. The largest absolute Gasteiger partial charge is 0.376 e. The minimum Gasteiger partial charge on any atom is -0.376 e. The van der Waals surface area contributed by atoms with Crippen molar-refractivity contribution in [3.63, 3.8) is 0 Å². The Bertz CT molecular complexity index is 1030. The molecule has 0 spiro atoms. The van der Waals surface area contributed by atoms with Crippen LogP contribution >= 0.6 is 0 Å². The lowest BCUT2D eigenvalue weighted by Crippen LogP contribution is -2.47. The molecule has 2 aromatic heterocycles. The van der Waals surface area contributed by atoms with Crippen LogP contribution in [0.3, 0.4) is 0 Å². The third kappa shape index (κ3) is 3.83. The van der Waals surface area contributed by atoms with Crippen molar-refractivity contribution < 1.29 is 4.74 Å². The first kappa shape index (κ1) is 20.0. The van der Waals surface area contributed by atoms with Crippen LogP contribution in [0, 0.1) is 5.92 Å². The van der Waals surface area contributed by atoms with Crippen molar-refractivity contribution >= 4 is 17.8 Å². The number of anilines is 3. The van der Waals surface area contributed by atoms with Gasteiger partial charge in [-0.25, -0.2) is 0 Å². The van der Waals surface area contributed by atoms with Crippen molar-refractivity contribution in [2.24, 2.45) is 5.92 Å². The molecule has 0 amide bonds. The Balaban J connectivity index is 1.28. The average Bonchev–Trinajstić information content (AvgIpc) is 3.53. The quantitative estimate of drug-likeness (QED) is 0.758. The Morgan fingerprint density at radius 3 is 2.66 bits per heavy atom. The molecule has 1 N–H and O–H groups in total. The SMILES string of the molecule is O=c1cccc2n1C[C@H]1C[C@H]2CN(c2nc(NC[C@H]3CCCO3)nc(N3CCCC3)n2)C1. The van der Waals surface area contributed by atoms with E-state index in [0.717, 1.165) is 82.7 Å². The van der Waals surface area contributed by atoms with Gasteiger partial charge in [-0.1, -0.05) is 6.07 Å². The molecule has 2 aromatic rings. The molecule has 0 aliphatic carbocycles. The van der Waals surface area contributed by atoms with Crippen LogP contribution < -0.4 is 20.7 Å². The average molecular weight is 438 g/mol. The lowest BCUT2D eigenvalue weighted by atomic mass is 9.83. The predicted molar refractivity (Wildman–Crippen MR) is 123 cm³/mol. The standard InChI is InChI=1S/C23H31N7O2/c31-20-7-3-6-19-17-11-16(14-30(19)20)13-29(15-17)23-26-21(24-12-18-5-4-10-32-18)25-22(27-23)28-8-1-2-9-28/h3,6-7,16-18H,1-2,4-5,8-15H2,(H,24,25,26,27)/t16-,17-,18+/m0/s1. The summed E-state index contributed by atoms with van der Waals surface area (Å²) < 4.78 is 7.73. The second-order valence-corrected chi connectivity index (χ2v) is 9.57. The molecule has 4 aliphatic rings. The molecule has 6 rings (SSSR count). The first-order valence-electron chi connectivity index (χ1n) is 12.0. The molecule has 9 nitrogen and oxygen atoms in total. The van der Waals surface area contributed by atoms with Gasteiger partial charge in [0.15, 0.2) is 0 Å². The molecular weight excluding hydrogens is 406 g/mol. The Kier molecular flexibility index (Phi) is 5.21. The van der Waals surface area contributed by atoms with Gasteiger partial charge in [-0.05, 0) is 44.1 Å². The summed E-state index contributed by atoms with van der Waals surface area (Å²) in [7, 11) is 0. The Morgan fingerprint density at radius 2 is 1.84 bits per heavy atom. The topological polar surface area (TPSA) is 88.4 Å². The summed E-state index contributed by atoms with van der Waals surface area (Å²) in [6, 6.07) is 5.65. The van der Waals surface area contributed by atoms with Gasteiger partial charge in [-0.3, -0.25) is 4.79 Å². The van der Waals surface area contributed by atoms with Crippen molar-refractivity contribution in [3.05, 3.63) is 34.2 Å². The summed E-state index contributed by atoms with van der Waals surface area (Å²) >= 11 is 0. The summed E-state index contributed by atoms with van der Waals surface area (Å²) in [6.07, 6.45) is 5.91. The van der Waals surface area contributed by atoms with Gasteiger partial charge < -0.3 is 24.4 Å². The van der Waals surface area contributed by atoms with Crippen LogP contribution in [-0.4, -0.2) is 65.0 Å². The van der Waals surface area contributed by atoms with E-state index in [1.165, 1.54) is 12.8 Å². The molecule has 0 aromatic carbocycles. The minimum atomic E-state index is 0.114. The smallest absolute Gasteiger partial charge is 0.250 e. The number of rotatable bonds is 5. The molecule has 0 unspecified atom stereocenters. The highest BCUT2D eigenvalue weighted by atomic mass is 16.5. The molecule has 170 valence electrons. The maximum absolute atomic E-state index is 12.4. The number of fused-ring (bicyclic) bond motifs is 4. The monoisotopic (exact) mass is 437 g/mol. The van der Waals surface area contributed by atoms with Crippen LogP contribution in [0.15, 0.2) is 23.0 Å². The number of hydrogen-bond acceptors (Lipinski definition) is 8. The van der Waals surface area contributed by atoms with E-state index in [4.69, 9.17) is 19.7 Å². The number of aromatic nitrogens is 4. The van der Waals surface area contributed by atoms with Crippen LogP contribution in [0.1, 0.15) is 43.7 Å². The minimum absolute atomic E-state index is 0.114. The van der Waals surface area contributed by atoms with Crippen LogP contribution in [-0.2, 0) is 11.3 Å². The third-order valence-electron chi connectivity index (χ3n) is 7.28. The zero-order valence-electron chi connectivity index (χ0n) is 18.4. The molecule has 0 saturated carbocycles. The Hall–Kier alpha value is -2.68. The fourth-order valence-corrected chi connectivity index (χ4v) is 5.70. The van der Waals surface area contributed by atoms with Gasteiger partial charge in [0.05, 0.1) is 6.10 Å². The van der Waals surface area contributed by atoms with Crippen molar-refractivity contribution in [2.75, 3.05) is 54.4 Å². The molecule has 3 fully saturated rings. The zero-order chi connectivity index (χ0) is 21.5. The maximum Gasteiger partial charge on any atom is 0.250 e. The van der Waals surface area contributed by atoms with Crippen LogP contribution in [0.2, 0.25) is 0 Å². The van der Waals surface area contributed by atoms with Gasteiger partial charge in [0.1, 0.15) is 0 Å². The molecular formula is C23H31N7O2. The molecule has 3 saturated heterocycles. The third-order valence-corrected chi connectivity index (χ3v) is 7.28. The van der Waals surface area contributed by atoms with E-state index in [9.17, 15) is 4.79 Å². The highest BCUT2D eigenvalue weighted by Crippen LogP contribution is 2.36. The van der Waals surface area contributed by atoms with E-state index in [1.807, 2.05) is 10.6 Å². The molecule has 32 heavy (non-hydrogen) atoms. The Morgan fingerprint density at radius 1 is 1.00 bits per heavy atom. The van der Waals surface area contributed by atoms with Crippen LogP contribution in [0.25, 0.3) is 0 Å². The second kappa shape index (κ2) is 8.35. The first-order valence-corrected chi connectivity index (χ1v) is 12.0. The lowest BCUT2D eigenvalue weighted by Gasteiger charge is -2.42. The van der Waals surface area contributed by atoms with Gasteiger partial charge in [0, 0.05) is 63.6 Å². The normalized spacial score (nSPS) is 26.9. The maximum atomic E-state index is 12.4. The fourth-order valence-electron chi connectivity index (χ4n) is 5.70. The van der Waals surface area contributed by atoms with Crippen molar-refractivity contribution in [1.29, 1.82) is 0 Å². The molecule has 2 bridgehead atoms. The number of nitrogens with one attached hydrogen (secondary N) is 1. The first-order chi connectivity index (χ1) is 15.7. The van der Waals surface area contributed by atoms with Crippen LogP contribution in [0.5, 0.6) is 0 Å². The van der Waals surface area contributed by atoms with Crippen molar-refractivity contribution in [3.8, 4) is 0 Å². The van der Waals surface area contributed by atoms with E-state index in [1.54, 1.807) is 6.07 Å². The highest BCUT2D eigenvalue weighted by Gasteiger charge is 2.36. The van der Waals surface area contributed by atoms with Gasteiger partial charge >= 0.3 is 0 Å². The fraction of sp³-hybridized carbons (Fsp3) is 0.652. The van der Waals surface area contributed by atoms with Gasteiger partial charge in [-0.2, -0.15) is 15.0 Å². The number of nitrogens with zero attached hydrogens (tertiary/aromatic N) is 6. The molecule has 4 aliphatic heterocycles. The zero-order valence-corrected chi connectivity index (χ0v) is 18.4. The summed E-state index contributed by atoms with van der Waals surface area (Å²) in [5.41, 5.74) is 1.26. The van der Waals surface area contributed by atoms with E-state index < -0.39 is 0 Å². The van der Waals surface area contributed by atoms with E-state index in [-0.39, 0.29) is 11.7 Å². The van der Waals surface area contributed by atoms with E-state index in [2.05, 4.69) is 21.2 Å². The van der Waals surface area contributed by atoms with E-state index >= 15 is 0 Å². The second-order valence-electron chi connectivity index (χ2n) is 9.57. The summed E-state index contributed by atoms with van der Waals surface area (Å²) in [4.78, 5) is 31.4. The number of hydrogen-bond donors (Lipinski definition) is 1. The van der Waals surface area contributed by atoms with Gasteiger partial charge in [-0.15, -0.1) is 0 Å². The number of ether oxygens (including phenoxy) is 1. The van der Waals surface area contributed by atoms with Crippen molar-refractivity contribution in [1.82, 2.24) is 19.5 Å². The van der Waals surface area contributed by atoms with Gasteiger partial charge in [0.2, 0.25) is 17.8 Å². The van der Waals surface area contributed by atoms with E-state index in [0.29, 0.717) is 17.8 Å². The van der Waals surface area contributed by atoms with Crippen molar-refractivity contribution in [2.45, 2.75) is 50.7 Å². The van der Waals surface area contributed by atoms with Gasteiger partial charge in [0.25, 0.3) is 5.56 Å². The summed E-state index contributed by atoms with van der Waals surface area (Å²) in [5.74, 6) is 2.91. The number of pyridine rings is 1. The molecule has 6 heterocycles. The molecule has 0 radical (unpaired) electrons.